The van der Waals surface area contributed by atoms with E-state index in [1.165, 1.54) is 64.2 Å². The van der Waals surface area contributed by atoms with E-state index < -0.39 is 63.1 Å². The monoisotopic (exact) mass is 819 g/mol. The van der Waals surface area contributed by atoms with Crippen LogP contribution in [0.25, 0.3) is 0 Å². The van der Waals surface area contributed by atoms with Crippen molar-refractivity contribution in [3.8, 4) is 0 Å². The van der Waals surface area contributed by atoms with E-state index in [4.69, 9.17) is 18.5 Å². The third kappa shape index (κ3) is 26.5. The first-order valence-corrected chi connectivity index (χ1v) is 23.3. The molecule has 6 atom stereocenters. The quantitative estimate of drug-likeness (QED) is 0.0154. The Bertz CT molecular complexity index is 1070. The average Bonchev–Trinajstić information content (AvgIpc) is 3.18. The zero-order valence-corrected chi connectivity index (χ0v) is 35.6. The molecule has 0 aromatic carbocycles. The van der Waals surface area contributed by atoms with E-state index in [-0.39, 0.29) is 13.0 Å². The minimum atomic E-state index is -5.01. The van der Waals surface area contributed by atoms with Gasteiger partial charge in [0.15, 0.2) is 0 Å². The minimum absolute atomic E-state index is 0.0788. The third-order valence-electron chi connectivity index (χ3n) is 10.0. The number of aliphatic hydroxyl groups is 5. The number of hydrogen-bond acceptors (Lipinski definition) is 11. The van der Waals surface area contributed by atoms with E-state index in [0.29, 0.717) is 13.0 Å². The number of carbonyl (C=O) groups is 1. The smallest absolute Gasteiger partial charge is 0.457 e. The second-order valence-electron chi connectivity index (χ2n) is 15.2. The van der Waals surface area contributed by atoms with Crippen molar-refractivity contribution in [3.63, 3.8) is 0 Å². The van der Waals surface area contributed by atoms with Crippen LogP contribution >= 0.6 is 7.82 Å². The number of phosphoric acid groups is 1. The summed E-state index contributed by atoms with van der Waals surface area (Å²) >= 11 is 0. The van der Waals surface area contributed by atoms with Crippen molar-refractivity contribution in [1.82, 2.24) is 0 Å². The van der Waals surface area contributed by atoms with Gasteiger partial charge in [-0.25, -0.2) is 4.57 Å². The predicted octanol–water partition coefficient (Wildman–Crippen LogP) is 8.31. The molecule has 0 aromatic heterocycles. The summed E-state index contributed by atoms with van der Waals surface area (Å²) < 4.78 is 34.1. The summed E-state index contributed by atoms with van der Waals surface area (Å²) in [6, 6.07) is 0. The van der Waals surface area contributed by atoms with Crippen LogP contribution in [0.5, 0.6) is 0 Å². The number of unbranched alkanes of at least 4 members (excludes halogenated alkanes) is 18. The molecule has 0 aromatic rings. The van der Waals surface area contributed by atoms with Gasteiger partial charge in [-0.15, -0.1) is 0 Å². The number of aliphatic hydroxyl groups excluding tert-OH is 5. The number of phosphoric ester groups is 1. The van der Waals surface area contributed by atoms with Gasteiger partial charge in [0.1, 0.15) is 42.7 Å². The van der Waals surface area contributed by atoms with E-state index in [1.807, 2.05) is 0 Å². The highest BCUT2D eigenvalue weighted by Crippen LogP contribution is 2.47. The maximum absolute atomic E-state index is 12.8. The SMILES string of the molecule is CC/C=C\C/C=C\C/C=C\CCCCCCCCCC(=O)OC(COCCCCCCCCCCCCCC)COP(=O)(O)OC1C(O)C(O)C(O)C(O)C1O. The topological polar surface area (TPSA) is 192 Å². The van der Waals surface area contributed by atoms with Gasteiger partial charge in [0.05, 0.1) is 13.2 Å². The molecule has 328 valence electrons. The Morgan fingerprint density at radius 1 is 0.589 bits per heavy atom. The van der Waals surface area contributed by atoms with Crippen LogP contribution < -0.4 is 0 Å². The average molecular weight is 819 g/mol. The molecule has 13 heteroatoms. The van der Waals surface area contributed by atoms with Crippen molar-refractivity contribution >= 4 is 13.8 Å². The number of ether oxygens (including phenoxy) is 2. The molecular weight excluding hydrogens is 739 g/mol. The van der Waals surface area contributed by atoms with Crippen LogP contribution in [0, 0.1) is 0 Å². The first-order chi connectivity index (χ1) is 27.0. The van der Waals surface area contributed by atoms with Crippen LogP contribution in [0.4, 0.5) is 0 Å². The van der Waals surface area contributed by atoms with Crippen LogP contribution in [0.15, 0.2) is 36.5 Å². The number of carbonyl (C=O) groups excluding carboxylic acids is 1. The van der Waals surface area contributed by atoms with Gasteiger partial charge in [-0.2, -0.15) is 0 Å². The zero-order valence-electron chi connectivity index (χ0n) is 34.7. The molecule has 0 heterocycles. The molecule has 1 fully saturated rings. The van der Waals surface area contributed by atoms with Crippen molar-refractivity contribution in [3.05, 3.63) is 36.5 Å². The lowest BCUT2D eigenvalue weighted by atomic mass is 9.85. The van der Waals surface area contributed by atoms with Gasteiger partial charge in [-0.3, -0.25) is 13.8 Å². The fourth-order valence-electron chi connectivity index (χ4n) is 6.55. The molecule has 0 aliphatic heterocycles. The molecule has 1 aliphatic carbocycles. The summed E-state index contributed by atoms with van der Waals surface area (Å²) in [5, 5.41) is 50.1. The fourth-order valence-corrected chi connectivity index (χ4v) is 7.52. The lowest BCUT2D eigenvalue weighted by Gasteiger charge is -2.41. The largest absolute Gasteiger partial charge is 0.472 e. The molecule has 6 N–H and O–H groups in total. The normalized spacial score (nSPS) is 23.4. The highest BCUT2D eigenvalue weighted by Gasteiger charge is 2.51. The molecule has 1 rings (SSSR count). The van der Waals surface area contributed by atoms with Crippen molar-refractivity contribution in [2.24, 2.45) is 0 Å². The van der Waals surface area contributed by atoms with Crippen LogP contribution in [-0.2, 0) is 27.9 Å². The fraction of sp³-hybridized carbons (Fsp3) is 0.837. The molecule has 0 saturated heterocycles. The molecule has 0 spiro atoms. The summed E-state index contributed by atoms with van der Waals surface area (Å²) in [5.74, 6) is -0.487. The summed E-state index contributed by atoms with van der Waals surface area (Å²) in [5.41, 5.74) is 0. The number of rotatable bonds is 36. The van der Waals surface area contributed by atoms with Crippen molar-refractivity contribution in [2.75, 3.05) is 19.8 Å². The predicted molar refractivity (Wildman–Crippen MR) is 221 cm³/mol. The molecule has 0 bridgehead atoms. The van der Waals surface area contributed by atoms with Crippen LogP contribution in [0.1, 0.15) is 168 Å². The molecule has 12 nitrogen and oxygen atoms in total. The highest BCUT2D eigenvalue weighted by atomic mass is 31.2. The Kier molecular flexibility index (Phi) is 32.3. The Morgan fingerprint density at radius 2 is 1.05 bits per heavy atom. The van der Waals surface area contributed by atoms with Crippen molar-refractivity contribution < 1.29 is 58.3 Å². The Labute approximate surface area is 338 Å². The second kappa shape index (κ2) is 34.4. The van der Waals surface area contributed by atoms with Gasteiger partial charge >= 0.3 is 13.8 Å². The van der Waals surface area contributed by atoms with Gasteiger partial charge in [0.2, 0.25) is 0 Å². The van der Waals surface area contributed by atoms with Gasteiger partial charge < -0.3 is 39.9 Å². The van der Waals surface area contributed by atoms with E-state index in [2.05, 4.69) is 50.3 Å². The molecule has 1 saturated carbocycles. The minimum Gasteiger partial charge on any atom is -0.457 e. The highest BCUT2D eigenvalue weighted by molar-refractivity contribution is 7.47. The van der Waals surface area contributed by atoms with Crippen LogP contribution in [-0.4, -0.2) is 98.9 Å². The lowest BCUT2D eigenvalue weighted by molar-refractivity contribution is -0.220. The van der Waals surface area contributed by atoms with E-state index in [0.717, 1.165) is 77.0 Å². The maximum atomic E-state index is 12.8. The lowest BCUT2D eigenvalue weighted by Crippen LogP contribution is -2.64. The summed E-state index contributed by atoms with van der Waals surface area (Å²) in [6.45, 7) is 4.13. The standard InChI is InChI=1S/C43H79O12P/c1-3-5-7-9-11-13-15-17-18-19-20-21-22-24-26-28-30-32-37(44)54-36(34-52-33-31-29-27-25-23-16-14-12-10-8-6-4-2)35-53-56(50,51)55-43-41(48)39(46)38(45)40(47)42(43)49/h5,7,11,13,17-18,36,38-43,45-49H,3-4,6,8-10,12,14-16,19-35H2,1-2H3,(H,50,51)/b7-5-,13-11-,18-17-. The number of hydrogen-bond donors (Lipinski definition) is 6. The second-order valence-corrected chi connectivity index (χ2v) is 16.6. The first-order valence-electron chi connectivity index (χ1n) is 21.8. The van der Waals surface area contributed by atoms with Gasteiger partial charge in [0.25, 0.3) is 0 Å². The number of esters is 1. The van der Waals surface area contributed by atoms with Crippen LogP contribution in [0.2, 0.25) is 0 Å². The summed E-state index contributed by atoms with van der Waals surface area (Å²) in [7, 11) is -5.01. The van der Waals surface area contributed by atoms with Gasteiger partial charge in [-0.05, 0) is 44.9 Å². The molecule has 6 unspecified atom stereocenters. The molecular formula is C43H79O12P. The molecule has 1 aliphatic rings. The Morgan fingerprint density at radius 3 is 1.61 bits per heavy atom. The van der Waals surface area contributed by atoms with Gasteiger partial charge in [0, 0.05) is 13.0 Å². The molecule has 0 amide bonds. The van der Waals surface area contributed by atoms with Crippen molar-refractivity contribution in [1.29, 1.82) is 0 Å². The van der Waals surface area contributed by atoms with Crippen molar-refractivity contribution in [2.45, 2.75) is 211 Å². The van der Waals surface area contributed by atoms with Gasteiger partial charge in [-0.1, -0.05) is 153 Å². The summed E-state index contributed by atoms with van der Waals surface area (Å²) in [6.07, 6.45) is 26.4. The van der Waals surface area contributed by atoms with E-state index in [1.54, 1.807) is 0 Å². The summed E-state index contributed by atoms with van der Waals surface area (Å²) in [4.78, 5) is 23.1. The zero-order chi connectivity index (χ0) is 41.3. The number of allylic oxidation sites excluding steroid dienone is 6. The maximum Gasteiger partial charge on any atom is 0.472 e. The van der Waals surface area contributed by atoms with Crippen LogP contribution in [0.3, 0.4) is 0 Å². The Balaban J connectivity index is 2.42. The molecule has 0 radical (unpaired) electrons. The third-order valence-corrected chi connectivity index (χ3v) is 11.0. The van der Waals surface area contributed by atoms with E-state index >= 15 is 0 Å². The Hall–Kier alpha value is -1.44. The first kappa shape index (κ1) is 52.6. The molecule has 56 heavy (non-hydrogen) atoms. The van der Waals surface area contributed by atoms with E-state index in [9.17, 15) is 39.8 Å².